The van der Waals surface area contributed by atoms with Crippen molar-refractivity contribution in [2.24, 2.45) is 0 Å². The lowest BCUT2D eigenvalue weighted by molar-refractivity contribution is 0.757. The number of hydrogen-bond donors (Lipinski definition) is 0. The molecule has 0 aliphatic heterocycles. The van der Waals surface area contributed by atoms with Crippen LogP contribution in [0.15, 0.2) is 58.8 Å². The smallest absolute Gasteiger partial charge is 0.188 e. The van der Waals surface area contributed by atoms with E-state index in [-0.39, 0.29) is 0 Å². The van der Waals surface area contributed by atoms with E-state index in [0.29, 0.717) is 0 Å². The van der Waals surface area contributed by atoms with Gasteiger partial charge in [-0.05, 0) is 56.2 Å². The third kappa shape index (κ3) is 5.15. The van der Waals surface area contributed by atoms with E-state index in [1.807, 2.05) is 30.3 Å². The van der Waals surface area contributed by atoms with Gasteiger partial charge < -0.3 is 0 Å². The van der Waals surface area contributed by atoms with Crippen LogP contribution in [-0.2, 0) is 0 Å². The molecule has 0 bridgehead atoms. The Morgan fingerprint density at radius 3 is 2.64 bits per heavy atom. The van der Waals surface area contributed by atoms with E-state index in [9.17, 15) is 0 Å². The van der Waals surface area contributed by atoms with Crippen molar-refractivity contribution in [2.45, 2.75) is 38.8 Å². The van der Waals surface area contributed by atoms with Crippen LogP contribution in [0.25, 0.3) is 5.69 Å². The monoisotopic (exact) mass is 314 g/mol. The topological polar surface area (TPSA) is 43.6 Å². The summed E-state index contributed by atoms with van der Waals surface area (Å²) >= 11 is 1.65. The third-order valence-corrected chi connectivity index (χ3v) is 4.02. The van der Waals surface area contributed by atoms with Crippen molar-refractivity contribution in [2.75, 3.05) is 5.75 Å². The highest BCUT2D eigenvalue weighted by Gasteiger charge is 2.07. The number of rotatable bonds is 7. The summed E-state index contributed by atoms with van der Waals surface area (Å²) in [5, 5.41) is 12.8. The van der Waals surface area contributed by atoms with Crippen LogP contribution in [0, 0.1) is 0 Å². The maximum absolute atomic E-state index is 4.10. The summed E-state index contributed by atoms with van der Waals surface area (Å²) in [5.74, 6) is 0.883. The van der Waals surface area contributed by atoms with Gasteiger partial charge in [-0.15, -0.1) is 5.10 Å². The molecule has 0 aliphatic rings. The summed E-state index contributed by atoms with van der Waals surface area (Å²) in [6, 6.07) is 9.96. The first kappa shape index (κ1) is 16.5. The lowest BCUT2D eigenvalue weighted by Gasteiger charge is -2.03. The number of allylic oxidation sites excluding steroid dienone is 3. The Balaban J connectivity index is 1.90. The molecule has 1 aromatic heterocycles. The van der Waals surface area contributed by atoms with Crippen LogP contribution in [0.2, 0.25) is 0 Å². The SMILES string of the molecule is CC(C)=CCC/C(C)=C\CSc1nnnn1-c1ccccc1. The summed E-state index contributed by atoms with van der Waals surface area (Å²) in [4.78, 5) is 0. The molecular formula is C17H22N4S. The first-order valence-electron chi connectivity index (χ1n) is 7.42. The Labute approximate surface area is 136 Å². The van der Waals surface area contributed by atoms with Gasteiger partial charge in [0, 0.05) is 5.75 Å². The molecule has 0 saturated carbocycles. The van der Waals surface area contributed by atoms with Gasteiger partial charge in [0.1, 0.15) is 0 Å². The van der Waals surface area contributed by atoms with Crippen LogP contribution in [0.1, 0.15) is 33.6 Å². The van der Waals surface area contributed by atoms with Crippen LogP contribution in [-0.4, -0.2) is 26.0 Å². The molecule has 2 aromatic rings. The normalized spacial score (nSPS) is 11.5. The number of aromatic nitrogens is 4. The Hall–Kier alpha value is -1.88. The number of nitrogens with zero attached hydrogens (tertiary/aromatic N) is 4. The van der Waals surface area contributed by atoms with Crippen molar-refractivity contribution in [3.63, 3.8) is 0 Å². The molecule has 1 aromatic carbocycles. The molecule has 0 N–H and O–H groups in total. The Morgan fingerprint density at radius 1 is 1.14 bits per heavy atom. The predicted molar refractivity (Wildman–Crippen MR) is 92.3 cm³/mol. The molecule has 0 spiro atoms. The van der Waals surface area contributed by atoms with Gasteiger partial charge in [0.15, 0.2) is 0 Å². The number of thioether (sulfide) groups is 1. The van der Waals surface area contributed by atoms with Gasteiger partial charge in [0.05, 0.1) is 5.69 Å². The zero-order chi connectivity index (χ0) is 15.8. The van der Waals surface area contributed by atoms with Gasteiger partial charge in [0.25, 0.3) is 0 Å². The quantitative estimate of drug-likeness (QED) is 0.559. The van der Waals surface area contributed by atoms with Crippen molar-refractivity contribution in [3.8, 4) is 5.69 Å². The van der Waals surface area contributed by atoms with E-state index in [2.05, 4.69) is 48.4 Å². The second kappa shape index (κ2) is 8.54. The molecular weight excluding hydrogens is 292 g/mol. The minimum atomic E-state index is 0.819. The molecule has 0 aliphatic carbocycles. The minimum absolute atomic E-state index is 0.819. The highest BCUT2D eigenvalue weighted by Crippen LogP contribution is 2.19. The molecule has 0 atom stereocenters. The molecule has 0 unspecified atom stereocenters. The lowest BCUT2D eigenvalue weighted by Crippen LogP contribution is -1.98. The van der Waals surface area contributed by atoms with Gasteiger partial charge in [-0.25, -0.2) is 0 Å². The van der Waals surface area contributed by atoms with Crippen molar-refractivity contribution in [1.82, 2.24) is 20.2 Å². The largest absolute Gasteiger partial charge is 0.214 e. The maximum Gasteiger partial charge on any atom is 0.214 e. The Morgan fingerprint density at radius 2 is 1.91 bits per heavy atom. The second-order valence-electron chi connectivity index (χ2n) is 5.39. The average molecular weight is 314 g/mol. The van der Waals surface area contributed by atoms with Crippen LogP contribution < -0.4 is 0 Å². The molecule has 2 rings (SSSR count). The Bertz CT molecular complexity index is 640. The van der Waals surface area contributed by atoms with Crippen molar-refractivity contribution >= 4 is 11.8 Å². The summed E-state index contributed by atoms with van der Waals surface area (Å²) in [7, 11) is 0. The lowest BCUT2D eigenvalue weighted by atomic mass is 10.1. The summed E-state index contributed by atoms with van der Waals surface area (Å²) in [6.07, 6.45) is 6.75. The van der Waals surface area contributed by atoms with E-state index >= 15 is 0 Å². The fourth-order valence-electron chi connectivity index (χ4n) is 1.95. The first-order valence-corrected chi connectivity index (χ1v) is 8.41. The average Bonchev–Trinajstić information content (AvgIpc) is 2.96. The summed E-state index contributed by atoms with van der Waals surface area (Å²) in [6.45, 7) is 6.45. The van der Waals surface area contributed by atoms with E-state index in [1.165, 1.54) is 11.1 Å². The molecule has 22 heavy (non-hydrogen) atoms. The predicted octanol–water partition coefficient (Wildman–Crippen LogP) is 4.45. The summed E-state index contributed by atoms with van der Waals surface area (Å²) < 4.78 is 1.77. The molecule has 0 fully saturated rings. The number of tetrazole rings is 1. The van der Waals surface area contributed by atoms with Gasteiger partial charge in [0.2, 0.25) is 5.16 Å². The van der Waals surface area contributed by atoms with Crippen LogP contribution in [0.3, 0.4) is 0 Å². The second-order valence-corrected chi connectivity index (χ2v) is 6.38. The third-order valence-electron chi connectivity index (χ3n) is 3.18. The molecule has 116 valence electrons. The molecule has 5 heteroatoms. The number of benzene rings is 1. The standard InChI is InChI=1S/C17H22N4S/c1-14(2)8-7-9-15(3)12-13-22-17-18-19-20-21(17)16-10-5-4-6-11-16/h4-6,8,10-12H,7,9,13H2,1-3H3/b15-12-. The van der Waals surface area contributed by atoms with Crippen LogP contribution in [0.4, 0.5) is 0 Å². The zero-order valence-corrected chi connectivity index (χ0v) is 14.2. The fraction of sp³-hybridized carbons (Fsp3) is 0.353. The molecule has 0 saturated heterocycles. The first-order chi connectivity index (χ1) is 10.7. The van der Waals surface area contributed by atoms with Gasteiger partial charge >= 0.3 is 0 Å². The molecule has 0 amide bonds. The van der Waals surface area contributed by atoms with Crippen molar-refractivity contribution in [3.05, 3.63) is 53.6 Å². The van der Waals surface area contributed by atoms with E-state index in [1.54, 1.807) is 16.4 Å². The minimum Gasteiger partial charge on any atom is -0.188 e. The fourth-order valence-corrected chi connectivity index (χ4v) is 2.82. The highest BCUT2D eigenvalue weighted by atomic mass is 32.2. The molecule has 1 heterocycles. The number of hydrogen-bond acceptors (Lipinski definition) is 4. The van der Waals surface area contributed by atoms with Crippen molar-refractivity contribution < 1.29 is 0 Å². The van der Waals surface area contributed by atoms with E-state index in [0.717, 1.165) is 29.4 Å². The molecule has 0 radical (unpaired) electrons. The molecule has 4 nitrogen and oxygen atoms in total. The maximum atomic E-state index is 4.10. The number of para-hydroxylation sites is 1. The van der Waals surface area contributed by atoms with Crippen LogP contribution in [0.5, 0.6) is 0 Å². The summed E-state index contributed by atoms with van der Waals surface area (Å²) in [5.41, 5.74) is 3.77. The van der Waals surface area contributed by atoms with Crippen molar-refractivity contribution in [1.29, 1.82) is 0 Å². The Kier molecular flexibility index (Phi) is 6.40. The zero-order valence-electron chi connectivity index (χ0n) is 13.4. The van der Waals surface area contributed by atoms with Gasteiger partial charge in [-0.3, -0.25) is 0 Å². The van der Waals surface area contributed by atoms with Gasteiger partial charge in [-0.1, -0.05) is 53.3 Å². The van der Waals surface area contributed by atoms with Crippen LogP contribution >= 0.6 is 11.8 Å². The van der Waals surface area contributed by atoms with E-state index < -0.39 is 0 Å². The highest BCUT2D eigenvalue weighted by molar-refractivity contribution is 7.99. The van der Waals surface area contributed by atoms with E-state index in [4.69, 9.17) is 0 Å². The van der Waals surface area contributed by atoms with Gasteiger partial charge in [-0.2, -0.15) is 4.68 Å².